The molecule has 0 saturated heterocycles. The first-order valence-corrected chi connectivity index (χ1v) is 10.0. The van der Waals surface area contributed by atoms with E-state index in [0.29, 0.717) is 29.8 Å². The molecule has 148 valence electrons. The number of benzene rings is 1. The molecule has 9 heteroatoms. The SMILES string of the molecule is CN=C(NCCc1ccc(S(C)(=O)=O)cc1)NCc1cccc(OC)n1.I. The Balaban J connectivity index is 0.00000364. The molecule has 0 atom stereocenters. The summed E-state index contributed by atoms with van der Waals surface area (Å²) in [4.78, 5) is 8.85. The van der Waals surface area contributed by atoms with Gasteiger partial charge < -0.3 is 15.4 Å². The van der Waals surface area contributed by atoms with Crippen molar-refractivity contribution in [3.05, 3.63) is 53.7 Å². The molecule has 1 aromatic carbocycles. The highest BCUT2D eigenvalue weighted by Crippen LogP contribution is 2.10. The van der Waals surface area contributed by atoms with Crippen LogP contribution in [0.5, 0.6) is 5.88 Å². The molecule has 7 nitrogen and oxygen atoms in total. The standard InChI is InChI=1S/C18H24N4O3S.HI/c1-19-18(21-13-15-5-4-6-17(22-15)25-2)20-12-11-14-7-9-16(10-8-14)26(3,23)24;/h4-10H,11-13H2,1-3H3,(H2,19,20,21);1H. The van der Waals surface area contributed by atoms with E-state index < -0.39 is 9.84 Å². The zero-order valence-corrected chi connectivity index (χ0v) is 18.7. The molecule has 0 aliphatic carbocycles. The van der Waals surface area contributed by atoms with E-state index >= 15 is 0 Å². The van der Waals surface area contributed by atoms with Gasteiger partial charge in [0.25, 0.3) is 0 Å². The lowest BCUT2D eigenvalue weighted by atomic mass is 10.1. The smallest absolute Gasteiger partial charge is 0.213 e. The number of pyridine rings is 1. The van der Waals surface area contributed by atoms with Crippen molar-refractivity contribution in [1.29, 1.82) is 0 Å². The van der Waals surface area contributed by atoms with Crippen molar-refractivity contribution >= 4 is 39.8 Å². The summed E-state index contributed by atoms with van der Waals surface area (Å²) < 4.78 is 28.0. The van der Waals surface area contributed by atoms with Crippen molar-refractivity contribution in [3.8, 4) is 5.88 Å². The van der Waals surface area contributed by atoms with E-state index in [1.807, 2.05) is 24.3 Å². The maximum Gasteiger partial charge on any atom is 0.213 e. The number of guanidine groups is 1. The lowest BCUT2D eigenvalue weighted by Gasteiger charge is -2.12. The molecule has 2 N–H and O–H groups in total. The van der Waals surface area contributed by atoms with Gasteiger partial charge in [-0.25, -0.2) is 13.4 Å². The fourth-order valence-corrected chi connectivity index (χ4v) is 2.92. The number of rotatable bonds is 7. The first-order chi connectivity index (χ1) is 12.4. The molecule has 0 spiro atoms. The summed E-state index contributed by atoms with van der Waals surface area (Å²) in [6, 6.07) is 12.5. The van der Waals surface area contributed by atoms with Gasteiger partial charge in [-0.3, -0.25) is 4.99 Å². The van der Waals surface area contributed by atoms with Gasteiger partial charge in [0.15, 0.2) is 15.8 Å². The Morgan fingerprint density at radius 1 is 1.15 bits per heavy atom. The number of sulfone groups is 1. The van der Waals surface area contributed by atoms with Gasteiger partial charge in [0, 0.05) is 25.9 Å². The number of aromatic nitrogens is 1. The molecule has 0 aliphatic rings. The van der Waals surface area contributed by atoms with Crippen LogP contribution in [-0.4, -0.2) is 46.3 Å². The van der Waals surface area contributed by atoms with Crippen molar-refractivity contribution in [2.45, 2.75) is 17.9 Å². The average molecular weight is 504 g/mol. The predicted octanol–water partition coefficient (Wildman–Crippen LogP) is 2.02. The molecule has 2 rings (SSSR count). The predicted molar refractivity (Wildman–Crippen MR) is 118 cm³/mol. The topological polar surface area (TPSA) is 92.7 Å². The molecule has 0 unspecified atom stereocenters. The van der Waals surface area contributed by atoms with Gasteiger partial charge in [0.1, 0.15) is 0 Å². The number of hydrogen-bond acceptors (Lipinski definition) is 5. The minimum atomic E-state index is -3.16. The molecule has 27 heavy (non-hydrogen) atoms. The summed E-state index contributed by atoms with van der Waals surface area (Å²) in [5.74, 6) is 1.24. The normalized spacial score (nSPS) is 11.4. The highest BCUT2D eigenvalue weighted by atomic mass is 127. The lowest BCUT2D eigenvalue weighted by Crippen LogP contribution is -2.38. The van der Waals surface area contributed by atoms with Crippen LogP contribution in [-0.2, 0) is 22.8 Å². The lowest BCUT2D eigenvalue weighted by molar-refractivity contribution is 0.396. The van der Waals surface area contributed by atoms with Crippen LogP contribution in [0.25, 0.3) is 0 Å². The second-order valence-electron chi connectivity index (χ2n) is 5.69. The Labute approximate surface area is 177 Å². The van der Waals surface area contributed by atoms with Crippen LogP contribution in [0.15, 0.2) is 52.4 Å². The van der Waals surface area contributed by atoms with Crippen molar-refractivity contribution < 1.29 is 13.2 Å². The number of nitrogens with zero attached hydrogens (tertiary/aromatic N) is 2. The van der Waals surface area contributed by atoms with E-state index in [4.69, 9.17) is 4.74 Å². The highest BCUT2D eigenvalue weighted by Gasteiger charge is 2.06. The fourth-order valence-electron chi connectivity index (χ4n) is 2.29. The van der Waals surface area contributed by atoms with Gasteiger partial charge in [-0.2, -0.15) is 0 Å². The molecule has 0 fully saturated rings. The average Bonchev–Trinajstić information content (AvgIpc) is 2.64. The summed E-state index contributed by atoms with van der Waals surface area (Å²) in [5.41, 5.74) is 1.90. The van der Waals surface area contributed by atoms with Gasteiger partial charge >= 0.3 is 0 Å². The van der Waals surface area contributed by atoms with E-state index in [1.54, 1.807) is 32.4 Å². The van der Waals surface area contributed by atoms with Crippen LogP contribution in [0.1, 0.15) is 11.3 Å². The first-order valence-electron chi connectivity index (χ1n) is 8.16. The summed E-state index contributed by atoms with van der Waals surface area (Å²) in [5, 5.41) is 6.42. The van der Waals surface area contributed by atoms with Gasteiger partial charge in [-0.1, -0.05) is 18.2 Å². The van der Waals surface area contributed by atoms with Gasteiger partial charge in [-0.15, -0.1) is 24.0 Å². The molecule has 0 saturated carbocycles. The quantitative estimate of drug-likeness (QED) is 0.341. The number of methoxy groups -OCH3 is 1. The Bertz CT molecular complexity index is 855. The van der Waals surface area contributed by atoms with Crippen LogP contribution in [0, 0.1) is 0 Å². The summed E-state index contributed by atoms with van der Waals surface area (Å²) >= 11 is 0. The third-order valence-electron chi connectivity index (χ3n) is 3.71. The molecule has 1 heterocycles. The summed E-state index contributed by atoms with van der Waals surface area (Å²) in [7, 11) is 0.134. The van der Waals surface area contributed by atoms with E-state index in [0.717, 1.165) is 17.7 Å². The zero-order valence-electron chi connectivity index (χ0n) is 15.6. The fraction of sp³-hybridized carbons (Fsp3) is 0.333. The molecule has 0 radical (unpaired) electrons. The van der Waals surface area contributed by atoms with Crippen molar-refractivity contribution in [3.63, 3.8) is 0 Å². The Kier molecular flexibility index (Phi) is 9.50. The number of hydrogen-bond donors (Lipinski definition) is 2. The monoisotopic (exact) mass is 504 g/mol. The van der Waals surface area contributed by atoms with Gasteiger partial charge in [0.05, 0.1) is 24.2 Å². The van der Waals surface area contributed by atoms with Gasteiger partial charge in [-0.05, 0) is 30.2 Å². The van der Waals surface area contributed by atoms with Crippen molar-refractivity contribution in [2.24, 2.45) is 4.99 Å². The minimum absolute atomic E-state index is 0. The number of halogens is 1. The van der Waals surface area contributed by atoms with Crippen molar-refractivity contribution in [2.75, 3.05) is 27.0 Å². The molecule has 2 aromatic rings. The highest BCUT2D eigenvalue weighted by molar-refractivity contribution is 14.0. The van der Waals surface area contributed by atoms with Crippen LogP contribution >= 0.6 is 24.0 Å². The van der Waals surface area contributed by atoms with E-state index in [1.165, 1.54) is 6.26 Å². The number of nitrogens with one attached hydrogen (secondary N) is 2. The molecular formula is C18H25IN4O3S. The number of ether oxygens (including phenoxy) is 1. The third kappa shape index (κ3) is 7.71. The molecular weight excluding hydrogens is 479 g/mol. The Morgan fingerprint density at radius 2 is 1.85 bits per heavy atom. The van der Waals surface area contributed by atoms with Crippen molar-refractivity contribution in [1.82, 2.24) is 15.6 Å². The van der Waals surface area contributed by atoms with Crippen LogP contribution < -0.4 is 15.4 Å². The minimum Gasteiger partial charge on any atom is -0.481 e. The second kappa shape index (κ2) is 11.1. The van der Waals surface area contributed by atoms with Crippen LogP contribution in [0.4, 0.5) is 0 Å². The van der Waals surface area contributed by atoms with E-state index in [-0.39, 0.29) is 24.0 Å². The molecule has 0 amide bonds. The maximum atomic E-state index is 11.5. The Morgan fingerprint density at radius 3 is 2.44 bits per heavy atom. The summed E-state index contributed by atoms with van der Waals surface area (Å²) in [6.45, 7) is 1.20. The molecule has 1 aromatic heterocycles. The largest absolute Gasteiger partial charge is 0.481 e. The van der Waals surface area contributed by atoms with E-state index in [2.05, 4.69) is 20.6 Å². The molecule has 0 aliphatic heterocycles. The Hall–Kier alpha value is -1.88. The summed E-state index contributed by atoms with van der Waals surface area (Å²) in [6.07, 6.45) is 1.96. The zero-order chi connectivity index (χ0) is 19.0. The van der Waals surface area contributed by atoms with Crippen LogP contribution in [0.2, 0.25) is 0 Å². The maximum absolute atomic E-state index is 11.5. The third-order valence-corrected chi connectivity index (χ3v) is 4.84. The van der Waals surface area contributed by atoms with Gasteiger partial charge in [0.2, 0.25) is 5.88 Å². The molecule has 0 bridgehead atoms. The number of aliphatic imine (C=N–C) groups is 1. The first kappa shape index (κ1) is 23.2. The van der Waals surface area contributed by atoms with E-state index in [9.17, 15) is 8.42 Å². The van der Waals surface area contributed by atoms with Crippen LogP contribution in [0.3, 0.4) is 0 Å². The second-order valence-corrected chi connectivity index (χ2v) is 7.71.